The Kier molecular flexibility index (Phi) is 5.53. The molecule has 0 unspecified atom stereocenters. The Morgan fingerprint density at radius 3 is 2.75 bits per heavy atom. The van der Waals surface area contributed by atoms with Gasteiger partial charge >= 0.3 is 0 Å². The first-order chi connectivity index (χ1) is 9.65. The van der Waals surface area contributed by atoms with E-state index in [0.29, 0.717) is 5.92 Å². The fraction of sp³-hybridized carbons (Fsp3) is 0.625. The highest BCUT2D eigenvalue weighted by atomic mass is 16.1. The second-order valence-electron chi connectivity index (χ2n) is 5.94. The van der Waals surface area contributed by atoms with Crippen molar-refractivity contribution in [1.29, 1.82) is 0 Å². The maximum atomic E-state index is 11.6. The van der Waals surface area contributed by atoms with Crippen molar-refractivity contribution < 1.29 is 4.79 Å². The molecule has 1 saturated heterocycles. The van der Waals surface area contributed by atoms with Crippen LogP contribution in [0.3, 0.4) is 0 Å². The van der Waals surface area contributed by atoms with Gasteiger partial charge in [0.05, 0.1) is 5.69 Å². The molecule has 1 aliphatic rings. The molecule has 20 heavy (non-hydrogen) atoms. The smallest absolute Gasteiger partial charge is 0.222 e. The van der Waals surface area contributed by atoms with E-state index < -0.39 is 0 Å². The Morgan fingerprint density at radius 1 is 1.40 bits per heavy atom. The van der Waals surface area contributed by atoms with Gasteiger partial charge in [-0.2, -0.15) is 0 Å². The zero-order valence-corrected chi connectivity index (χ0v) is 12.5. The topological polar surface area (TPSA) is 45.2 Å². The maximum absolute atomic E-state index is 11.6. The molecule has 0 spiro atoms. The molecular weight excluding hydrogens is 250 g/mol. The largest absolute Gasteiger partial charge is 0.356 e. The number of rotatable bonds is 5. The predicted molar refractivity (Wildman–Crippen MR) is 80.1 cm³/mol. The average Bonchev–Trinajstić information content (AvgIpc) is 2.47. The van der Waals surface area contributed by atoms with Gasteiger partial charge in [0.2, 0.25) is 5.91 Å². The van der Waals surface area contributed by atoms with Gasteiger partial charge in [0.25, 0.3) is 0 Å². The number of nitrogens with one attached hydrogen (secondary N) is 1. The molecule has 0 radical (unpaired) electrons. The van der Waals surface area contributed by atoms with Gasteiger partial charge in [0.15, 0.2) is 0 Å². The lowest BCUT2D eigenvalue weighted by Crippen LogP contribution is -2.39. The fourth-order valence-corrected chi connectivity index (χ4v) is 2.52. The van der Waals surface area contributed by atoms with Crippen molar-refractivity contribution in [3.8, 4) is 0 Å². The van der Waals surface area contributed by atoms with Crippen molar-refractivity contribution in [3.63, 3.8) is 0 Å². The first-order valence-electron chi connectivity index (χ1n) is 7.55. The molecule has 0 aromatic carbocycles. The van der Waals surface area contributed by atoms with Crippen LogP contribution in [0, 0.1) is 11.8 Å². The maximum Gasteiger partial charge on any atom is 0.222 e. The van der Waals surface area contributed by atoms with Crippen LogP contribution in [0.15, 0.2) is 24.4 Å². The first-order valence-corrected chi connectivity index (χ1v) is 7.55. The van der Waals surface area contributed by atoms with Crippen LogP contribution in [0.2, 0.25) is 0 Å². The number of likely N-dealkylation sites (tertiary alicyclic amines) is 1. The Hall–Kier alpha value is -1.42. The third kappa shape index (κ3) is 4.60. The lowest BCUT2D eigenvalue weighted by atomic mass is 9.96. The molecule has 1 N–H and O–H groups in total. The minimum absolute atomic E-state index is 0.0826. The lowest BCUT2D eigenvalue weighted by molar-refractivity contribution is -0.124. The zero-order valence-electron chi connectivity index (χ0n) is 12.5. The van der Waals surface area contributed by atoms with Gasteiger partial charge in [-0.1, -0.05) is 19.9 Å². The average molecular weight is 275 g/mol. The molecule has 4 nitrogen and oxygen atoms in total. The van der Waals surface area contributed by atoms with Gasteiger partial charge in [-0.25, -0.2) is 0 Å². The number of carbonyl (C=O) groups excluding carboxylic acids is 1. The summed E-state index contributed by atoms with van der Waals surface area (Å²) < 4.78 is 0. The minimum Gasteiger partial charge on any atom is -0.356 e. The molecule has 2 heterocycles. The Morgan fingerprint density at radius 2 is 2.15 bits per heavy atom. The first kappa shape index (κ1) is 15.0. The monoisotopic (exact) mass is 275 g/mol. The summed E-state index contributed by atoms with van der Waals surface area (Å²) in [4.78, 5) is 18.4. The van der Waals surface area contributed by atoms with E-state index in [4.69, 9.17) is 0 Å². The van der Waals surface area contributed by atoms with Crippen molar-refractivity contribution in [2.45, 2.75) is 33.2 Å². The number of carbonyl (C=O) groups is 1. The van der Waals surface area contributed by atoms with Crippen LogP contribution in [0.1, 0.15) is 32.4 Å². The number of hydrogen-bond acceptors (Lipinski definition) is 3. The number of hydrogen-bond donors (Lipinski definition) is 1. The molecule has 1 aromatic rings. The van der Waals surface area contributed by atoms with Crippen LogP contribution in [0.5, 0.6) is 0 Å². The quantitative estimate of drug-likeness (QED) is 0.894. The highest BCUT2D eigenvalue weighted by Crippen LogP contribution is 2.18. The Balaban J connectivity index is 1.69. The Labute approximate surface area is 121 Å². The van der Waals surface area contributed by atoms with E-state index >= 15 is 0 Å². The van der Waals surface area contributed by atoms with Crippen molar-refractivity contribution in [3.05, 3.63) is 30.1 Å². The summed E-state index contributed by atoms with van der Waals surface area (Å²) in [6.45, 7) is 7.83. The van der Waals surface area contributed by atoms with Crippen LogP contribution >= 0.6 is 0 Å². The van der Waals surface area contributed by atoms with Crippen LogP contribution < -0.4 is 5.32 Å². The van der Waals surface area contributed by atoms with Crippen LogP contribution in [0.4, 0.5) is 0 Å². The van der Waals surface area contributed by atoms with E-state index in [1.165, 1.54) is 0 Å². The Bertz CT molecular complexity index is 411. The second kappa shape index (κ2) is 7.39. The summed E-state index contributed by atoms with van der Waals surface area (Å²) in [5, 5.41) is 3.05. The van der Waals surface area contributed by atoms with Gasteiger partial charge in [-0.3, -0.25) is 14.7 Å². The highest BCUT2D eigenvalue weighted by molar-refractivity contribution is 5.77. The third-order valence-corrected chi connectivity index (χ3v) is 3.91. The van der Waals surface area contributed by atoms with E-state index in [0.717, 1.165) is 44.7 Å². The molecule has 2 rings (SSSR count). The van der Waals surface area contributed by atoms with Gasteiger partial charge < -0.3 is 5.32 Å². The van der Waals surface area contributed by atoms with Gasteiger partial charge in [0.1, 0.15) is 0 Å². The van der Waals surface area contributed by atoms with E-state index in [9.17, 15) is 4.79 Å². The molecule has 4 heteroatoms. The second-order valence-corrected chi connectivity index (χ2v) is 5.94. The standard InChI is InChI=1S/C16H25N3O/c1-13(2)16(20)18-11-14-6-9-19(10-7-14)12-15-5-3-4-8-17-15/h3-5,8,13-14H,6-7,9-12H2,1-2H3,(H,18,20). The van der Waals surface area contributed by atoms with Crippen LogP contribution in [0.25, 0.3) is 0 Å². The summed E-state index contributed by atoms with van der Waals surface area (Å²) in [5.41, 5.74) is 1.14. The molecule has 1 aliphatic heterocycles. The molecule has 0 aliphatic carbocycles. The summed E-state index contributed by atoms with van der Waals surface area (Å²) in [6.07, 6.45) is 4.17. The predicted octanol–water partition coefficient (Wildman–Crippen LogP) is 2.07. The van der Waals surface area contributed by atoms with Crippen molar-refractivity contribution in [2.75, 3.05) is 19.6 Å². The van der Waals surface area contributed by atoms with Gasteiger partial charge in [-0.15, -0.1) is 0 Å². The number of piperidine rings is 1. The molecule has 1 fully saturated rings. The minimum atomic E-state index is 0.0826. The van der Waals surface area contributed by atoms with E-state index in [-0.39, 0.29) is 11.8 Å². The molecular formula is C16H25N3O. The molecule has 0 atom stereocenters. The zero-order chi connectivity index (χ0) is 14.4. The molecule has 0 bridgehead atoms. The fourth-order valence-electron chi connectivity index (χ4n) is 2.52. The van der Waals surface area contributed by atoms with E-state index in [1.54, 1.807) is 0 Å². The van der Waals surface area contributed by atoms with Crippen molar-refractivity contribution in [2.24, 2.45) is 11.8 Å². The highest BCUT2D eigenvalue weighted by Gasteiger charge is 2.20. The number of nitrogens with zero attached hydrogens (tertiary/aromatic N) is 2. The van der Waals surface area contributed by atoms with Crippen LogP contribution in [-0.4, -0.2) is 35.4 Å². The summed E-state index contributed by atoms with van der Waals surface area (Å²) >= 11 is 0. The summed E-state index contributed by atoms with van der Waals surface area (Å²) in [5.74, 6) is 0.873. The lowest BCUT2D eigenvalue weighted by Gasteiger charge is -2.31. The number of aromatic nitrogens is 1. The molecule has 1 aromatic heterocycles. The normalized spacial score (nSPS) is 17.4. The SMILES string of the molecule is CC(C)C(=O)NCC1CCN(Cc2ccccn2)CC1. The van der Waals surface area contributed by atoms with Gasteiger partial charge in [-0.05, 0) is 44.0 Å². The third-order valence-electron chi connectivity index (χ3n) is 3.91. The van der Waals surface area contributed by atoms with E-state index in [1.807, 2.05) is 32.2 Å². The van der Waals surface area contributed by atoms with E-state index in [2.05, 4.69) is 21.3 Å². The summed E-state index contributed by atoms with van der Waals surface area (Å²) in [7, 11) is 0. The molecule has 110 valence electrons. The number of amides is 1. The molecule has 0 saturated carbocycles. The summed E-state index contributed by atoms with van der Waals surface area (Å²) in [6, 6.07) is 6.07. The molecule has 1 amide bonds. The van der Waals surface area contributed by atoms with Crippen molar-refractivity contribution >= 4 is 5.91 Å². The van der Waals surface area contributed by atoms with Crippen molar-refractivity contribution in [1.82, 2.24) is 15.2 Å². The van der Waals surface area contributed by atoms with Gasteiger partial charge in [0, 0.05) is 25.2 Å². The number of pyridine rings is 1. The van der Waals surface area contributed by atoms with Crippen LogP contribution in [-0.2, 0) is 11.3 Å².